The van der Waals surface area contributed by atoms with E-state index in [1.165, 1.54) is 25.9 Å². The van der Waals surface area contributed by atoms with E-state index in [9.17, 15) is 0 Å². The standard InChI is InChI=1S/C13H24N4S/c1-4-7-14-12-16-15-11(18-12)10-17-8-5-13(2,3)6-9-17/h4-10H2,1-3H3,(H,14,16). The van der Waals surface area contributed by atoms with Crippen LogP contribution < -0.4 is 5.32 Å². The highest BCUT2D eigenvalue weighted by Gasteiger charge is 2.25. The van der Waals surface area contributed by atoms with Gasteiger partial charge in [-0.25, -0.2) is 0 Å². The van der Waals surface area contributed by atoms with Gasteiger partial charge in [-0.15, -0.1) is 10.2 Å². The fourth-order valence-corrected chi connectivity index (χ4v) is 2.94. The minimum Gasteiger partial charge on any atom is -0.360 e. The Hall–Kier alpha value is -0.680. The summed E-state index contributed by atoms with van der Waals surface area (Å²) in [6.07, 6.45) is 3.69. The Labute approximate surface area is 114 Å². The summed E-state index contributed by atoms with van der Waals surface area (Å²) in [7, 11) is 0. The van der Waals surface area contributed by atoms with Crippen LogP contribution in [0.2, 0.25) is 0 Å². The van der Waals surface area contributed by atoms with Gasteiger partial charge in [0.15, 0.2) is 0 Å². The fraction of sp³-hybridized carbons (Fsp3) is 0.846. The quantitative estimate of drug-likeness (QED) is 0.891. The first-order chi connectivity index (χ1) is 8.59. The number of nitrogens with zero attached hydrogens (tertiary/aromatic N) is 3. The Morgan fingerprint density at radius 3 is 2.67 bits per heavy atom. The van der Waals surface area contributed by atoms with Gasteiger partial charge in [-0.3, -0.25) is 4.90 Å². The third kappa shape index (κ3) is 3.92. The molecular formula is C13H24N4S. The SMILES string of the molecule is CCCNc1nnc(CN2CCC(C)(C)CC2)s1. The van der Waals surface area contributed by atoms with Gasteiger partial charge in [-0.1, -0.05) is 32.1 Å². The maximum Gasteiger partial charge on any atom is 0.205 e. The van der Waals surface area contributed by atoms with Crippen LogP contribution in [0.15, 0.2) is 0 Å². The van der Waals surface area contributed by atoms with E-state index in [4.69, 9.17) is 0 Å². The van der Waals surface area contributed by atoms with Crippen LogP contribution in [-0.2, 0) is 6.54 Å². The van der Waals surface area contributed by atoms with Gasteiger partial charge >= 0.3 is 0 Å². The first kappa shape index (κ1) is 13.7. The van der Waals surface area contributed by atoms with Crippen LogP contribution in [0.25, 0.3) is 0 Å². The Kier molecular flexibility index (Phi) is 4.56. The normalized spacial score (nSPS) is 19.9. The van der Waals surface area contributed by atoms with E-state index in [1.807, 2.05) is 0 Å². The molecule has 0 aromatic carbocycles. The average molecular weight is 268 g/mol. The molecule has 0 bridgehead atoms. The van der Waals surface area contributed by atoms with E-state index in [1.54, 1.807) is 11.3 Å². The van der Waals surface area contributed by atoms with Crippen molar-refractivity contribution in [3.8, 4) is 0 Å². The molecule has 18 heavy (non-hydrogen) atoms. The summed E-state index contributed by atoms with van der Waals surface area (Å²) in [6, 6.07) is 0. The van der Waals surface area contributed by atoms with E-state index in [0.717, 1.165) is 29.6 Å². The molecule has 0 unspecified atom stereocenters. The van der Waals surface area contributed by atoms with Gasteiger partial charge in [-0.05, 0) is 37.8 Å². The molecular weight excluding hydrogens is 244 g/mol. The first-order valence-electron chi connectivity index (χ1n) is 6.88. The van der Waals surface area contributed by atoms with Crippen molar-refractivity contribution in [3.05, 3.63) is 5.01 Å². The summed E-state index contributed by atoms with van der Waals surface area (Å²) in [5, 5.41) is 13.8. The Bertz CT molecular complexity index is 365. The molecule has 102 valence electrons. The number of hydrogen-bond donors (Lipinski definition) is 1. The lowest BCUT2D eigenvalue weighted by atomic mass is 9.83. The molecule has 1 aromatic heterocycles. The van der Waals surface area contributed by atoms with Crippen LogP contribution in [0.5, 0.6) is 0 Å². The van der Waals surface area contributed by atoms with Crippen molar-refractivity contribution in [1.82, 2.24) is 15.1 Å². The van der Waals surface area contributed by atoms with Gasteiger partial charge in [0.05, 0.1) is 6.54 Å². The van der Waals surface area contributed by atoms with Crippen LogP contribution in [0.1, 0.15) is 45.0 Å². The molecule has 2 heterocycles. The maximum atomic E-state index is 4.26. The molecule has 0 saturated carbocycles. The average Bonchev–Trinajstić information content (AvgIpc) is 2.77. The highest BCUT2D eigenvalue weighted by molar-refractivity contribution is 7.15. The summed E-state index contributed by atoms with van der Waals surface area (Å²) in [4.78, 5) is 2.50. The van der Waals surface area contributed by atoms with Crippen LogP contribution in [0.3, 0.4) is 0 Å². The van der Waals surface area contributed by atoms with Gasteiger partial charge in [0, 0.05) is 6.54 Å². The van der Waals surface area contributed by atoms with Crippen LogP contribution in [0, 0.1) is 5.41 Å². The highest BCUT2D eigenvalue weighted by atomic mass is 32.1. The summed E-state index contributed by atoms with van der Waals surface area (Å²) in [5.74, 6) is 0. The molecule has 1 aliphatic heterocycles. The number of hydrogen-bond acceptors (Lipinski definition) is 5. The zero-order valence-electron chi connectivity index (χ0n) is 11.7. The summed E-state index contributed by atoms with van der Waals surface area (Å²) in [6.45, 7) is 11.2. The van der Waals surface area contributed by atoms with Crippen molar-refractivity contribution in [3.63, 3.8) is 0 Å². The van der Waals surface area contributed by atoms with Gasteiger partial charge in [0.25, 0.3) is 0 Å². The second-order valence-corrected chi connectivity index (χ2v) is 6.93. The number of rotatable bonds is 5. The van der Waals surface area contributed by atoms with Gasteiger partial charge in [0.2, 0.25) is 5.13 Å². The molecule has 0 amide bonds. The van der Waals surface area contributed by atoms with Crippen molar-refractivity contribution >= 4 is 16.5 Å². The molecule has 1 fully saturated rings. The molecule has 4 nitrogen and oxygen atoms in total. The van der Waals surface area contributed by atoms with E-state index in [2.05, 4.69) is 41.2 Å². The van der Waals surface area contributed by atoms with Gasteiger partial charge in [0.1, 0.15) is 5.01 Å². The molecule has 1 saturated heterocycles. The number of nitrogens with one attached hydrogen (secondary N) is 1. The zero-order chi connectivity index (χ0) is 13.0. The minimum atomic E-state index is 0.519. The minimum absolute atomic E-state index is 0.519. The fourth-order valence-electron chi connectivity index (χ4n) is 2.13. The third-order valence-electron chi connectivity index (χ3n) is 3.56. The molecule has 0 aliphatic carbocycles. The van der Waals surface area contributed by atoms with Crippen molar-refractivity contribution in [1.29, 1.82) is 0 Å². The summed E-state index contributed by atoms with van der Waals surface area (Å²) >= 11 is 1.69. The molecule has 1 aliphatic rings. The molecule has 1 N–H and O–H groups in total. The second kappa shape index (κ2) is 5.97. The van der Waals surface area contributed by atoms with Crippen LogP contribution >= 0.6 is 11.3 Å². The Morgan fingerprint density at radius 2 is 2.00 bits per heavy atom. The predicted octanol–water partition coefficient (Wildman–Crippen LogP) is 2.98. The molecule has 0 radical (unpaired) electrons. The largest absolute Gasteiger partial charge is 0.360 e. The lowest BCUT2D eigenvalue weighted by Crippen LogP contribution is -2.36. The van der Waals surface area contributed by atoms with Crippen molar-refractivity contribution < 1.29 is 0 Å². The first-order valence-corrected chi connectivity index (χ1v) is 7.69. The number of piperidine rings is 1. The van der Waals surface area contributed by atoms with Crippen molar-refractivity contribution in [2.75, 3.05) is 25.0 Å². The topological polar surface area (TPSA) is 41.1 Å². The maximum absolute atomic E-state index is 4.26. The van der Waals surface area contributed by atoms with Crippen LogP contribution in [0.4, 0.5) is 5.13 Å². The lowest BCUT2D eigenvalue weighted by Gasteiger charge is -2.36. The Morgan fingerprint density at radius 1 is 1.28 bits per heavy atom. The van der Waals surface area contributed by atoms with E-state index >= 15 is 0 Å². The predicted molar refractivity (Wildman–Crippen MR) is 77.0 cm³/mol. The third-order valence-corrected chi connectivity index (χ3v) is 4.43. The van der Waals surface area contributed by atoms with Crippen molar-refractivity contribution in [2.24, 2.45) is 5.41 Å². The number of aromatic nitrogens is 2. The highest BCUT2D eigenvalue weighted by Crippen LogP contribution is 2.30. The van der Waals surface area contributed by atoms with E-state index in [-0.39, 0.29) is 0 Å². The monoisotopic (exact) mass is 268 g/mol. The molecule has 2 rings (SSSR count). The molecule has 1 aromatic rings. The van der Waals surface area contributed by atoms with E-state index < -0.39 is 0 Å². The van der Waals surface area contributed by atoms with Gasteiger partial charge in [-0.2, -0.15) is 0 Å². The van der Waals surface area contributed by atoms with Gasteiger partial charge < -0.3 is 5.32 Å². The summed E-state index contributed by atoms with van der Waals surface area (Å²) < 4.78 is 0. The summed E-state index contributed by atoms with van der Waals surface area (Å²) in [5.41, 5.74) is 0.519. The molecule has 0 atom stereocenters. The van der Waals surface area contributed by atoms with E-state index in [0.29, 0.717) is 5.41 Å². The second-order valence-electron chi connectivity index (χ2n) is 5.87. The molecule has 5 heteroatoms. The van der Waals surface area contributed by atoms with Crippen LogP contribution in [-0.4, -0.2) is 34.7 Å². The van der Waals surface area contributed by atoms with Crippen molar-refractivity contribution in [2.45, 2.75) is 46.6 Å². The number of anilines is 1. The number of likely N-dealkylation sites (tertiary alicyclic amines) is 1. The Balaban J connectivity index is 1.81. The zero-order valence-corrected chi connectivity index (χ0v) is 12.5. The smallest absolute Gasteiger partial charge is 0.205 e. The lowest BCUT2D eigenvalue weighted by molar-refractivity contribution is 0.127. The molecule has 0 spiro atoms.